The van der Waals surface area contributed by atoms with Gasteiger partial charge < -0.3 is 10.2 Å². The van der Waals surface area contributed by atoms with Crippen LogP contribution in [-0.4, -0.2) is 24.4 Å². The second-order valence-corrected chi connectivity index (χ2v) is 6.30. The minimum atomic E-state index is -0.433. The van der Waals surface area contributed by atoms with Gasteiger partial charge in [-0.1, -0.05) is 26.0 Å². The Morgan fingerprint density at radius 1 is 1.35 bits per heavy atom. The minimum absolute atomic E-state index is 0.0311. The number of hydrogen-bond donors (Lipinski definition) is 1. The lowest BCUT2D eigenvalue weighted by molar-refractivity contribution is -0.125. The highest BCUT2D eigenvalue weighted by molar-refractivity contribution is 9.10. The minimum Gasteiger partial charge on any atom is -0.344 e. The van der Waals surface area contributed by atoms with Gasteiger partial charge in [-0.05, 0) is 40.4 Å². The molecule has 20 heavy (non-hydrogen) atoms. The zero-order valence-electron chi connectivity index (χ0n) is 11.7. The molecule has 1 fully saturated rings. The molecule has 1 heterocycles. The number of benzene rings is 1. The molecule has 0 radical (unpaired) electrons. The highest BCUT2D eigenvalue weighted by Crippen LogP contribution is 2.28. The lowest BCUT2D eigenvalue weighted by Crippen LogP contribution is -2.45. The number of halogens is 1. The quantitative estimate of drug-likeness (QED) is 0.921. The van der Waals surface area contributed by atoms with Gasteiger partial charge in [-0.3, -0.25) is 9.59 Å². The number of nitrogens with zero attached hydrogens (tertiary/aromatic N) is 1. The number of carbonyl (C=O) groups excluding carboxylic acids is 2. The first-order valence-electron chi connectivity index (χ1n) is 6.84. The van der Waals surface area contributed by atoms with Crippen LogP contribution in [0.15, 0.2) is 28.7 Å². The predicted molar refractivity (Wildman–Crippen MR) is 82.5 cm³/mol. The third kappa shape index (κ3) is 3.39. The predicted octanol–water partition coefficient (Wildman–Crippen LogP) is 2.72. The maximum Gasteiger partial charge on any atom is 0.249 e. The smallest absolute Gasteiger partial charge is 0.249 e. The molecule has 1 N–H and O–H groups in total. The molecule has 4 nitrogen and oxygen atoms in total. The van der Waals surface area contributed by atoms with Gasteiger partial charge in [0, 0.05) is 17.4 Å². The van der Waals surface area contributed by atoms with Crippen molar-refractivity contribution < 1.29 is 9.59 Å². The van der Waals surface area contributed by atoms with Gasteiger partial charge in [0.25, 0.3) is 0 Å². The first-order valence-corrected chi connectivity index (χ1v) is 7.63. The topological polar surface area (TPSA) is 49.4 Å². The summed E-state index contributed by atoms with van der Waals surface area (Å²) in [6.07, 6.45) is 0.993. The third-order valence-corrected chi connectivity index (χ3v) is 3.98. The van der Waals surface area contributed by atoms with Crippen molar-refractivity contribution in [1.29, 1.82) is 0 Å². The number of anilines is 1. The molecule has 2 rings (SSSR count). The number of nitrogens with one attached hydrogen (secondary N) is 1. The van der Waals surface area contributed by atoms with E-state index in [0.717, 1.165) is 10.2 Å². The van der Waals surface area contributed by atoms with Crippen LogP contribution in [0.5, 0.6) is 0 Å². The summed E-state index contributed by atoms with van der Waals surface area (Å²) in [5, 5.41) is 2.83. The Morgan fingerprint density at radius 3 is 2.70 bits per heavy atom. The lowest BCUT2D eigenvalue weighted by atomic mass is 10.0. The van der Waals surface area contributed by atoms with Crippen LogP contribution in [0.2, 0.25) is 0 Å². The zero-order chi connectivity index (χ0) is 14.7. The fourth-order valence-electron chi connectivity index (χ4n) is 2.38. The SMILES string of the molecule is CC(C)CC1NC(=O)CCN(c2ccccc2Br)C1=O. The third-order valence-electron chi connectivity index (χ3n) is 3.31. The van der Waals surface area contributed by atoms with Gasteiger partial charge in [0.1, 0.15) is 6.04 Å². The Balaban J connectivity index is 2.30. The molecule has 0 saturated carbocycles. The van der Waals surface area contributed by atoms with Crippen LogP contribution >= 0.6 is 15.9 Å². The van der Waals surface area contributed by atoms with Crippen molar-refractivity contribution >= 4 is 33.4 Å². The van der Waals surface area contributed by atoms with E-state index >= 15 is 0 Å². The van der Waals surface area contributed by atoms with E-state index in [9.17, 15) is 9.59 Å². The number of amides is 2. The van der Waals surface area contributed by atoms with Crippen LogP contribution in [0.3, 0.4) is 0 Å². The molecule has 1 aromatic rings. The van der Waals surface area contributed by atoms with Crippen molar-refractivity contribution in [2.24, 2.45) is 5.92 Å². The number of hydrogen-bond acceptors (Lipinski definition) is 2. The molecule has 2 amide bonds. The first-order chi connectivity index (χ1) is 9.49. The fraction of sp³-hybridized carbons (Fsp3) is 0.467. The van der Waals surface area contributed by atoms with E-state index in [1.165, 1.54) is 0 Å². The van der Waals surface area contributed by atoms with Gasteiger partial charge >= 0.3 is 0 Å². The van der Waals surface area contributed by atoms with E-state index < -0.39 is 6.04 Å². The molecule has 0 aromatic heterocycles. The summed E-state index contributed by atoms with van der Waals surface area (Å²) in [4.78, 5) is 26.2. The largest absolute Gasteiger partial charge is 0.344 e. The van der Waals surface area contributed by atoms with Crippen molar-refractivity contribution in [1.82, 2.24) is 5.32 Å². The summed E-state index contributed by atoms with van der Waals surface area (Å²) in [5.74, 6) is 0.262. The Kier molecular flexibility index (Phi) is 4.81. The molecule has 108 valence electrons. The number of para-hydroxylation sites is 1. The van der Waals surface area contributed by atoms with Gasteiger partial charge in [0.15, 0.2) is 0 Å². The average molecular weight is 339 g/mol. The normalized spacial score (nSPS) is 20.0. The second kappa shape index (κ2) is 6.39. The molecule has 1 aliphatic rings. The highest BCUT2D eigenvalue weighted by Gasteiger charge is 2.31. The maximum absolute atomic E-state index is 12.7. The fourth-order valence-corrected chi connectivity index (χ4v) is 2.88. The van der Waals surface area contributed by atoms with Crippen LogP contribution in [0, 0.1) is 5.92 Å². The van der Waals surface area contributed by atoms with Crippen molar-refractivity contribution in [3.63, 3.8) is 0 Å². The van der Waals surface area contributed by atoms with Gasteiger partial charge in [-0.15, -0.1) is 0 Å². The average Bonchev–Trinajstić information content (AvgIpc) is 2.51. The molecule has 1 saturated heterocycles. The maximum atomic E-state index is 12.7. The van der Waals surface area contributed by atoms with Gasteiger partial charge in [-0.2, -0.15) is 0 Å². The van der Waals surface area contributed by atoms with Gasteiger partial charge in [0.05, 0.1) is 5.69 Å². The van der Waals surface area contributed by atoms with Crippen molar-refractivity contribution in [2.75, 3.05) is 11.4 Å². The Morgan fingerprint density at radius 2 is 2.05 bits per heavy atom. The van der Waals surface area contributed by atoms with Crippen LogP contribution in [0.25, 0.3) is 0 Å². The van der Waals surface area contributed by atoms with E-state index in [1.807, 2.05) is 38.1 Å². The molecule has 1 aliphatic heterocycles. The van der Waals surface area contributed by atoms with E-state index in [-0.39, 0.29) is 11.8 Å². The molecule has 0 spiro atoms. The van der Waals surface area contributed by atoms with E-state index in [0.29, 0.717) is 25.3 Å². The Hall–Kier alpha value is -1.36. The van der Waals surface area contributed by atoms with Crippen LogP contribution in [-0.2, 0) is 9.59 Å². The summed E-state index contributed by atoms with van der Waals surface area (Å²) in [6.45, 7) is 4.52. The molecular formula is C15H19BrN2O2. The van der Waals surface area contributed by atoms with Crippen LogP contribution < -0.4 is 10.2 Å². The van der Waals surface area contributed by atoms with Crippen LogP contribution in [0.4, 0.5) is 5.69 Å². The summed E-state index contributed by atoms with van der Waals surface area (Å²) in [5.41, 5.74) is 0.822. The second-order valence-electron chi connectivity index (χ2n) is 5.44. The molecule has 5 heteroatoms. The monoisotopic (exact) mass is 338 g/mol. The van der Waals surface area contributed by atoms with E-state index in [4.69, 9.17) is 0 Å². The Bertz CT molecular complexity index is 516. The number of carbonyl (C=O) groups is 2. The molecule has 1 aromatic carbocycles. The van der Waals surface area contributed by atoms with E-state index in [1.54, 1.807) is 4.90 Å². The molecule has 0 aliphatic carbocycles. The van der Waals surface area contributed by atoms with Crippen molar-refractivity contribution in [2.45, 2.75) is 32.7 Å². The van der Waals surface area contributed by atoms with Gasteiger partial charge in [-0.25, -0.2) is 0 Å². The zero-order valence-corrected chi connectivity index (χ0v) is 13.3. The summed E-state index contributed by atoms with van der Waals surface area (Å²) >= 11 is 3.47. The highest BCUT2D eigenvalue weighted by atomic mass is 79.9. The van der Waals surface area contributed by atoms with Crippen molar-refractivity contribution in [3.05, 3.63) is 28.7 Å². The Labute approximate surface area is 127 Å². The molecule has 0 bridgehead atoms. The molecular weight excluding hydrogens is 320 g/mol. The molecule has 1 unspecified atom stereocenters. The van der Waals surface area contributed by atoms with Crippen molar-refractivity contribution in [3.8, 4) is 0 Å². The lowest BCUT2D eigenvalue weighted by Gasteiger charge is -2.25. The number of rotatable bonds is 3. The summed E-state index contributed by atoms with van der Waals surface area (Å²) < 4.78 is 0.867. The van der Waals surface area contributed by atoms with Gasteiger partial charge in [0.2, 0.25) is 11.8 Å². The van der Waals surface area contributed by atoms with Crippen LogP contribution in [0.1, 0.15) is 26.7 Å². The van der Waals surface area contributed by atoms with E-state index in [2.05, 4.69) is 21.2 Å². The summed E-state index contributed by atoms with van der Waals surface area (Å²) in [6, 6.07) is 7.16. The first kappa shape index (κ1) is 15.0. The molecule has 1 atom stereocenters. The standard InChI is InChI=1S/C15H19BrN2O2/c1-10(2)9-12-15(20)18(8-7-14(19)17-12)13-6-4-3-5-11(13)16/h3-6,10,12H,7-9H2,1-2H3,(H,17,19). The summed E-state index contributed by atoms with van der Waals surface area (Å²) in [7, 11) is 0.